The fourth-order valence-corrected chi connectivity index (χ4v) is 2.43. The van der Waals surface area contributed by atoms with E-state index in [1.54, 1.807) is 7.11 Å². The molecule has 0 saturated carbocycles. The lowest BCUT2D eigenvalue weighted by Crippen LogP contribution is -2.51. The van der Waals surface area contributed by atoms with Gasteiger partial charge in [-0.15, -0.1) is 0 Å². The zero-order chi connectivity index (χ0) is 14.7. The van der Waals surface area contributed by atoms with Gasteiger partial charge in [-0.05, 0) is 37.0 Å². The number of imide groups is 1. The Morgan fingerprint density at radius 1 is 1.40 bits per heavy atom. The Morgan fingerprint density at radius 2 is 2.15 bits per heavy atom. The highest BCUT2D eigenvalue weighted by molar-refractivity contribution is 6.00. The first-order valence-electron chi connectivity index (χ1n) is 6.76. The molecule has 2 rings (SSSR count). The summed E-state index contributed by atoms with van der Waals surface area (Å²) in [5.41, 5.74) is 7.81. The molecule has 0 spiro atoms. The summed E-state index contributed by atoms with van der Waals surface area (Å²) in [4.78, 5) is 24.9. The number of carbonyl (C=O) groups excluding carboxylic acids is 2. The monoisotopic (exact) mass is 276 g/mol. The smallest absolute Gasteiger partial charge is 0.246 e. The maximum absolute atomic E-state index is 11.9. The average molecular weight is 276 g/mol. The zero-order valence-electron chi connectivity index (χ0n) is 11.9. The number of ether oxygens (including phenoxy) is 1. The molecule has 0 radical (unpaired) electrons. The molecule has 1 aromatic carbocycles. The highest BCUT2D eigenvalue weighted by Crippen LogP contribution is 2.19. The van der Waals surface area contributed by atoms with Crippen LogP contribution in [-0.2, 0) is 16.0 Å². The summed E-state index contributed by atoms with van der Waals surface area (Å²) in [6.07, 6.45) is 1.44. The van der Waals surface area contributed by atoms with E-state index in [0.29, 0.717) is 25.8 Å². The number of hydrogen-bond donors (Lipinski definition) is 1. The molecule has 0 aliphatic carbocycles. The van der Waals surface area contributed by atoms with Crippen LogP contribution in [0.3, 0.4) is 0 Å². The standard InChI is InChI=1S/C15H20N2O3/c1-10-9-11(3-5-13(10)20-2)7-8-17-14(18)6-4-12(16)15(17)19/h3,5,9,12H,4,6-8,16H2,1-2H3. The number of piperidine rings is 1. The fourth-order valence-electron chi connectivity index (χ4n) is 2.43. The second-order valence-corrected chi connectivity index (χ2v) is 5.08. The second-order valence-electron chi connectivity index (χ2n) is 5.08. The van der Waals surface area contributed by atoms with E-state index in [1.807, 2.05) is 25.1 Å². The van der Waals surface area contributed by atoms with Crippen molar-refractivity contribution in [1.29, 1.82) is 0 Å². The van der Waals surface area contributed by atoms with Crippen LogP contribution in [-0.4, -0.2) is 36.4 Å². The third-order valence-electron chi connectivity index (χ3n) is 3.64. The summed E-state index contributed by atoms with van der Waals surface area (Å²) in [6, 6.07) is 5.32. The lowest BCUT2D eigenvalue weighted by Gasteiger charge is -2.28. The van der Waals surface area contributed by atoms with Gasteiger partial charge in [0.05, 0.1) is 13.2 Å². The number of aryl methyl sites for hydroxylation is 1. The second kappa shape index (κ2) is 6.05. The van der Waals surface area contributed by atoms with Crippen molar-refractivity contribution in [3.63, 3.8) is 0 Å². The number of nitrogens with two attached hydrogens (primary N) is 1. The van der Waals surface area contributed by atoms with Gasteiger partial charge in [-0.3, -0.25) is 14.5 Å². The molecule has 0 aromatic heterocycles. The van der Waals surface area contributed by atoms with E-state index in [4.69, 9.17) is 10.5 Å². The van der Waals surface area contributed by atoms with E-state index in [9.17, 15) is 9.59 Å². The van der Waals surface area contributed by atoms with Gasteiger partial charge in [-0.2, -0.15) is 0 Å². The van der Waals surface area contributed by atoms with E-state index in [-0.39, 0.29) is 11.8 Å². The van der Waals surface area contributed by atoms with Crippen molar-refractivity contribution in [1.82, 2.24) is 4.90 Å². The molecule has 0 bridgehead atoms. The van der Waals surface area contributed by atoms with E-state index in [2.05, 4.69) is 0 Å². The van der Waals surface area contributed by atoms with Crippen molar-refractivity contribution in [3.8, 4) is 5.75 Å². The molecule has 2 amide bonds. The molecule has 2 N–H and O–H groups in total. The minimum atomic E-state index is -0.537. The lowest BCUT2D eigenvalue weighted by atomic mass is 10.0. The Hall–Kier alpha value is -1.88. The molecule has 1 saturated heterocycles. The first kappa shape index (κ1) is 14.5. The van der Waals surface area contributed by atoms with Gasteiger partial charge in [-0.25, -0.2) is 0 Å². The van der Waals surface area contributed by atoms with Crippen LogP contribution in [0.1, 0.15) is 24.0 Å². The summed E-state index contributed by atoms with van der Waals surface area (Å²) >= 11 is 0. The fraction of sp³-hybridized carbons (Fsp3) is 0.467. The van der Waals surface area contributed by atoms with Crippen LogP contribution in [0.4, 0.5) is 0 Å². The Bertz CT molecular complexity index is 528. The zero-order valence-corrected chi connectivity index (χ0v) is 11.9. The molecule has 1 unspecified atom stereocenters. The van der Waals surface area contributed by atoms with Crippen molar-refractivity contribution in [2.75, 3.05) is 13.7 Å². The molecule has 1 aliphatic rings. The van der Waals surface area contributed by atoms with Crippen LogP contribution < -0.4 is 10.5 Å². The average Bonchev–Trinajstić information content (AvgIpc) is 2.43. The van der Waals surface area contributed by atoms with Crippen LogP contribution in [0.5, 0.6) is 5.75 Å². The third kappa shape index (κ3) is 2.99. The maximum atomic E-state index is 11.9. The van der Waals surface area contributed by atoms with Crippen LogP contribution >= 0.6 is 0 Å². The molecule has 1 aromatic rings. The molecular formula is C15H20N2O3. The minimum absolute atomic E-state index is 0.123. The SMILES string of the molecule is COc1ccc(CCN2C(=O)CCC(N)C2=O)cc1C. The first-order valence-corrected chi connectivity index (χ1v) is 6.76. The predicted molar refractivity (Wildman–Crippen MR) is 75.4 cm³/mol. The van der Waals surface area contributed by atoms with Gasteiger partial charge in [0, 0.05) is 13.0 Å². The van der Waals surface area contributed by atoms with Crippen molar-refractivity contribution in [2.24, 2.45) is 5.73 Å². The van der Waals surface area contributed by atoms with E-state index in [1.165, 1.54) is 4.90 Å². The number of hydrogen-bond acceptors (Lipinski definition) is 4. The summed E-state index contributed by atoms with van der Waals surface area (Å²) in [6.45, 7) is 2.35. The molecule has 1 atom stereocenters. The largest absolute Gasteiger partial charge is 0.496 e. The van der Waals surface area contributed by atoms with Gasteiger partial charge in [0.2, 0.25) is 11.8 Å². The van der Waals surface area contributed by atoms with Gasteiger partial charge >= 0.3 is 0 Å². The quantitative estimate of drug-likeness (QED) is 0.833. The number of amides is 2. The Labute approximate surface area is 118 Å². The molecule has 20 heavy (non-hydrogen) atoms. The van der Waals surface area contributed by atoms with Crippen LogP contribution in [0.25, 0.3) is 0 Å². The normalized spacial score (nSPS) is 19.4. The molecule has 1 fully saturated rings. The molecule has 1 heterocycles. The van der Waals surface area contributed by atoms with Gasteiger partial charge in [0.15, 0.2) is 0 Å². The summed E-state index contributed by atoms with van der Waals surface area (Å²) in [5, 5.41) is 0. The van der Waals surface area contributed by atoms with Gasteiger partial charge in [-0.1, -0.05) is 12.1 Å². The number of likely N-dealkylation sites (tertiary alicyclic amines) is 1. The number of benzene rings is 1. The van der Waals surface area contributed by atoms with Gasteiger partial charge < -0.3 is 10.5 Å². The van der Waals surface area contributed by atoms with Gasteiger partial charge in [0.1, 0.15) is 5.75 Å². The number of nitrogens with zero attached hydrogens (tertiary/aromatic N) is 1. The summed E-state index contributed by atoms with van der Waals surface area (Å²) in [5.74, 6) is 0.453. The maximum Gasteiger partial charge on any atom is 0.246 e. The minimum Gasteiger partial charge on any atom is -0.496 e. The van der Waals surface area contributed by atoms with Crippen LogP contribution in [0, 0.1) is 6.92 Å². The Balaban J connectivity index is 2.02. The number of methoxy groups -OCH3 is 1. The molecule has 5 nitrogen and oxygen atoms in total. The van der Waals surface area contributed by atoms with Crippen molar-refractivity contribution >= 4 is 11.8 Å². The summed E-state index contributed by atoms with van der Waals surface area (Å²) < 4.78 is 5.21. The van der Waals surface area contributed by atoms with Crippen molar-refractivity contribution in [2.45, 2.75) is 32.2 Å². The molecule has 1 aliphatic heterocycles. The Kier molecular flexibility index (Phi) is 4.39. The van der Waals surface area contributed by atoms with E-state index >= 15 is 0 Å². The van der Waals surface area contributed by atoms with Gasteiger partial charge in [0.25, 0.3) is 0 Å². The summed E-state index contributed by atoms with van der Waals surface area (Å²) in [7, 11) is 1.63. The van der Waals surface area contributed by atoms with E-state index < -0.39 is 6.04 Å². The lowest BCUT2D eigenvalue weighted by molar-refractivity contribution is -0.149. The van der Waals surface area contributed by atoms with Crippen LogP contribution in [0.2, 0.25) is 0 Å². The third-order valence-corrected chi connectivity index (χ3v) is 3.64. The highest BCUT2D eigenvalue weighted by atomic mass is 16.5. The first-order chi connectivity index (χ1) is 9.52. The van der Waals surface area contributed by atoms with Crippen LogP contribution in [0.15, 0.2) is 18.2 Å². The molecular weight excluding hydrogens is 256 g/mol. The molecule has 5 heteroatoms. The highest BCUT2D eigenvalue weighted by Gasteiger charge is 2.31. The molecule has 108 valence electrons. The number of rotatable bonds is 4. The van der Waals surface area contributed by atoms with Crippen molar-refractivity contribution < 1.29 is 14.3 Å². The predicted octanol–water partition coefficient (Wildman–Crippen LogP) is 1.02. The number of carbonyl (C=O) groups is 2. The van der Waals surface area contributed by atoms with E-state index in [0.717, 1.165) is 16.9 Å². The Morgan fingerprint density at radius 3 is 2.80 bits per heavy atom. The van der Waals surface area contributed by atoms with Crippen molar-refractivity contribution in [3.05, 3.63) is 29.3 Å². The topological polar surface area (TPSA) is 72.6 Å².